The minimum atomic E-state index is -0.0142. The average molecular weight is 295 g/mol. The largest absolute Gasteiger partial charge is 0.355 e. The van der Waals surface area contributed by atoms with Gasteiger partial charge in [0.25, 0.3) is 0 Å². The number of carbonyl (C=O) groups excluding carboxylic acids is 2. The lowest BCUT2D eigenvalue weighted by atomic mass is 10.1. The van der Waals surface area contributed by atoms with Gasteiger partial charge in [0.15, 0.2) is 0 Å². The summed E-state index contributed by atoms with van der Waals surface area (Å²) in [6, 6.07) is 0.736. The van der Waals surface area contributed by atoms with E-state index >= 15 is 0 Å². The van der Waals surface area contributed by atoms with Crippen molar-refractivity contribution in [2.45, 2.75) is 76.3 Å². The van der Waals surface area contributed by atoms with Crippen LogP contribution in [-0.2, 0) is 9.59 Å². The van der Waals surface area contributed by atoms with Crippen molar-refractivity contribution in [1.82, 2.24) is 16.0 Å². The molecule has 0 unspecified atom stereocenters. The van der Waals surface area contributed by atoms with E-state index in [0.717, 1.165) is 25.8 Å². The van der Waals surface area contributed by atoms with Gasteiger partial charge in [0.1, 0.15) is 0 Å². The van der Waals surface area contributed by atoms with Crippen molar-refractivity contribution in [3.8, 4) is 0 Å². The Morgan fingerprint density at radius 1 is 0.905 bits per heavy atom. The second-order valence-corrected chi connectivity index (χ2v) is 6.35. The minimum Gasteiger partial charge on any atom is -0.355 e. The first-order valence-electron chi connectivity index (χ1n) is 8.53. The molecule has 1 saturated heterocycles. The molecule has 3 N–H and O–H groups in total. The SMILES string of the molecule is O=C(CCC(=O)NC1CCCCCC1)NC[C@@H]1CCCN1. The summed E-state index contributed by atoms with van der Waals surface area (Å²) in [5.41, 5.74) is 0. The van der Waals surface area contributed by atoms with Gasteiger partial charge in [-0.05, 0) is 32.2 Å². The number of carbonyl (C=O) groups is 2. The molecule has 0 aromatic heterocycles. The van der Waals surface area contributed by atoms with E-state index in [0.29, 0.717) is 31.5 Å². The minimum absolute atomic E-state index is 0.0142. The number of nitrogens with one attached hydrogen (secondary N) is 3. The summed E-state index contributed by atoms with van der Waals surface area (Å²) in [6.07, 6.45) is 10.1. The molecular weight excluding hydrogens is 266 g/mol. The van der Waals surface area contributed by atoms with Crippen LogP contribution < -0.4 is 16.0 Å². The van der Waals surface area contributed by atoms with E-state index in [9.17, 15) is 9.59 Å². The molecule has 2 fully saturated rings. The van der Waals surface area contributed by atoms with Gasteiger partial charge in [-0.25, -0.2) is 0 Å². The van der Waals surface area contributed by atoms with E-state index in [1.54, 1.807) is 0 Å². The zero-order valence-corrected chi connectivity index (χ0v) is 13.0. The molecule has 1 heterocycles. The lowest BCUT2D eigenvalue weighted by Gasteiger charge is -2.16. The maximum Gasteiger partial charge on any atom is 0.220 e. The van der Waals surface area contributed by atoms with Crippen LogP contribution in [0.3, 0.4) is 0 Å². The van der Waals surface area contributed by atoms with Crippen LogP contribution in [0.4, 0.5) is 0 Å². The number of amides is 2. The third-order valence-corrected chi connectivity index (χ3v) is 4.51. The van der Waals surface area contributed by atoms with Gasteiger partial charge in [-0.1, -0.05) is 25.7 Å². The molecule has 0 bridgehead atoms. The third-order valence-electron chi connectivity index (χ3n) is 4.51. The molecular formula is C16H29N3O2. The van der Waals surface area contributed by atoms with Gasteiger partial charge in [-0.3, -0.25) is 9.59 Å². The van der Waals surface area contributed by atoms with Crippen LogP contribution in [-0.4, -0.2) is 37.0 Å². The maximum absolute atomic E-state index is 11.9. The Balaban J connectivity index is 1.55. The van der Waals surface area contributed by atoms with Gasteiger partial charge in [0, 0.05) is 31.5 Å². The standard InChI is InChI=1S/C16H29N3O2/c20-15(18-12-14-8-5-11-17-14)9-10-16(21)19-13-6-3-1-2-4-7-13/h13-14,17H,1-12H2,(H,18,20)(H,19,21)/t14-/m0/s1. The van der Waals surface area contributed by atoms with Gasteiger partial charge in [-0.2, -0.15) is 0 Å². The summed E-state index contributed by atoms with van der Waals surface area (Å²) in [6.45, 7) is 1.73. The maximum atomic E-state index is 11.9. The molecule has 0 aromatic carbocycles. The van der Waals surface area contributed by atoms with Crippen LogP contribution in [0.15, 0.2) is 0 Å². The number of hydrogen-bond acceptors (Lipinski definition) is 3. The molecule has 2 amide bonds. The molecule has 1 aliphatic heterocycles. The predicted molar refractivity (Wildman–Crippen MR) is 82.9 cm³/mol. The lowest BCUT2D eigenvalue weighted by Crippen LogP contribution is -2.38. The van der Waals surface area contributed by atoms with Gasteiger partial charge in [-0.15, -0.1) is 0 Å². The molecule has 1 saturated carbocycles. The summed E-state index contributed by atoms with van der Waals surface area (Å²) in [5.74, 6) is 0.00996. The van der Waals surface area contributed by atoms with Gasteiger partial charge < -0.3 is 16.0 Å². The summed E-state index contributed by atoms with van der Waals surface area (Å²) >= 11 is 0. The molecule has 120 valence electrons. The Bertz CT molecular complexity index is 332. The fraction of sp³-hybridized carbons (Fsp3) is 0.875. The van der Waals surface area contributed by atoms with E-state index in [1.807, 2.05) is 0 Å². The van der Waals surface area contributed by atoms with E-state index in [4.69, 9.17) is 0 Å². The third kappa shape index (κ3) is 6.46. The van der Waals surface area contributed by atoms with Gasteiger partial charge in [0.2, 0.25) is 11.8 Å². The van der Waals surface area contributed by atoms with Crippen LogP contribution in [0.5, 0.6) is 0 Å². The smallest absolute Gasteiger partial charge is 0.220 e. The van der Waals surface area contributed by atoms with Crippen molar-refractivity contribution >= 4 is 11.8 Å². The number of rotatable bonds is 6. The Labute approximate surface area is 127 Å². The Kier molecular flexibility index (Phi) is 7.00. The fourth-order valence-electron chi connectivity index (χ4n) is 3.21. The molecule has 5 heteroatoms. The van der Waals surface area contributed by atoms with Crippen molar-refractivity contribution in [3.05, 3.63) is 0 Å². The highest BCUT2D eigenvalue weighted by molar-refractivity contribution is 5.83. The van der Waals surface area contributed by atoms with Gasteiger partial charge in [0.05, 0.1) is 0 Å². The van der Waals surface area contributed by atoms with Crippen LogP contribution >= 0.6 is 0 Å². The Hall–Kier alpha value is -1.10. The molecule has 0 aromatic rings. The fourth-order valence-corrected chi connectivity index (χ4v) is 3.21. The van der Waals surface area contributed by atoms with Crippen molar-refractivity contribution < 1.29 is 9.59 Å². The average Bonchev–Trinajstić information content (AvgIpc) is 2.87. The van der Waals surface area contributed by atoms with Crippen molar-refractivity contribution in [2.75, 3.05) is 13.1 Å². The summed E-state index contributed by atoms with van der Waals surface area (Å²) in [4.78, 5) is 23.6. The quantitative estimate of drug-likeness (QED) is 0.650. The normalized spacial score (nSPS) is 23.5. The molecule has 21 heavy (non-hydrogen) atoms. The molecule has 2 aliphatic rings. The zero-order chi connectivity index (χ0) is 14.9. The van der Waals surface area contributed by atoms with Crippen molar-refractivity contribution in [2.24, 2.45) is 0 Å². The molecule has 0 spiro atoms. The zero-order valence-electron chi connectivity index (χ0n) is 13.0. The first-order valence-corrected chi connectivity index (χ1v) is 8.53. The van der Waals surface area contributed by atoms with Gasteiger partial charge >= 0.3 is 0 Å². The highest BCUT2D eigenvalue weighted by Gasteiger charge is 2.17. The first-order chi connectivity index (χ1) is 10.2. The molecule has 1 atom stereocenters. The molecule has 5 nitrogen and oxygen atoms in total. The van der Waals surface area contributed by atoms with Crippen LogP contribution in [0, 0.1) is 0 Å². The highest BCUT2D eigenvalue weighted by Crippen LogP contribution is 2.17. The highest BCUT2D eigenvalue weighted by atomic mass is 16.2. The summed E-state index contributed by atoms with van der Waals surface area (Å²) < 4.78 is 0. The van der Waals surface area contributed by atoms with Crippen LogP contribution in [0.1, 0.15) is 64.2 Å². The van der Waals surface area contributed by atoms with E-state index in [1.165, 1.54) is 32.1 Å². The molecule has 2 rings (SSSR count). The monoisotopic (exact) mass is 295 g/mol. The van der Waals surface area contributed by atoms with Crippen LogP contribution in [0.25, 0.3) is 0 Å². The summed E-state index contributed by atoms with van der Waals surface area (Å²) in [5, 5.41) is 9.34. The van der Waals surface area contributed by atoms with Crippen molar-refractivity contribution in [1.29, 1.82) is 0 Å². The van der Waals surface area contributed by atoms with E-state index in [-0.39, 0.29) is 11.8 Å². The first kappa shape index (κ1) is 16.3. The predicted octanol–water partition coefficient (Wildman–Crippen LogP) is 1.47. The Morgan fingerprint density at radius 2 is 1.62 bits per heavy atom. The molecule has 0 radical (unpaired) electrons. The lowest BCUT2D eigenvalue weighted by molar-refractivity contribution is -0.126. The number of hydrogen-bond donors (Lipinski definition) is 3. The van der Waals surface area contributed by atoms with Crippen LogP contribution in [0.2, 0.25) is 0 Å². The summed E-state index contributed by atoms with van der Waals surface area (Å²) in [7, 11) is 0. The molecule has 1 aliphatic carbocycles. The van der Waals surface area contributed by atoms with E-state index < -0.39 is 0 Å². The second kappa shape index (κ2) is 9.03. The van der Waals surface area contributed by atoms with Crippen molar-refractivity contribution in [3.63, 3.8) is 0 Å². The van der Waals surface area contributed by atoms with E-state index in [2.05, 4.69) is 16.0 Å². The topological polar surface area (TPSA) is 70.2 Å². The Morgan fingerprint density at radius 3 is 2.29 bits per heavy atom. The second-order valence-electron chi connectivity index (χ2n) is 6.35.